The van der Waals surface area contributed by atoms with Crippen LogP contribution in [0.15, 0.2) is 92.7 Å². The molecule has 0 aliphatic carbocycles. The third-order valence-electron chi connectivity index (χ3n) is 8.82. The van der Waals surface area contributed by atoms with Crippen LogP contribution in [0.1, 0.15) is 61.0 Å². The van der Waals surface area contributed by atoms with Crippen molar-refractivity contribution in [2.24, 2.45) is 0 Å². The molecule has 2 aromatic carbocycles. The second-order valence-corrected chi connectivity index (χ2v) is 15.4. The number of hydrogen-bond acceptors (Lipinski definition) is 10. The van der Waals surface area contributed by atoms with Crippen molar-refractivity contribution in [3.8, 4) is 0 Å². The average molecular weight is 769 g/mol. The maximum Gasteiger partial charge on any atom is 0.251 e. The molecule has 2 saturated heterocycles. The Bertz CT molecular complexity index is 2240. The summed E-state index contributed by atoms with van der Waals surface area (Å²) >= 11 is 9.20. The third-order valence-corrected chi connectivity index (χ3v) is 11.0. The van der Waals surface area contributed by atoms with Crippen LogP contribution in [0.2, 0.25) is 5.15 Å². The predicted molar refractivity (Wildman–Crippen MR) is 220 cm³/mol. The van der Waals surface area contributed by atoms with E-state index in [9.17, 15) is 9.59 Å². The van der Waals surface area contributed by atoms with E-state index in [2.05, 4.69) is 53.3 Å². The van der Waals surface area contributed by atoms with Gasteiger partial charge >= 0.3 is 0 Å². The second kappa shape index (κ2) is 19.2. The summed E-state index contributed by atoms with van der Waals surface area (Å²) < 4.78 is 0. The summed E-state index contributed by atoms with van der Waals surface area (Å²) in [4.78, 5) is 49.1. The lowest BCUT2D eigenvalue weighted by Gasteiger charge is -2.29. The first kappa shape index (κ1) is 38.5. The fourth-order valence-corrected chi connectivity index (χ4v) is 8.28. The van der Waals surface area contributed by atoms with E-state index in [0.717, 1.165) is 57.7 Å². The molecule has 8 rings (SSSR count). The van der Waals surface area contributed by atoms with E-state index in [1.807, 2.05) is 49.4 Å². The van der Waals surface area contributed by atoms with Crippen LogP contribution < -0.4 is 21.3 Å². The van der Waals surface area contributed by atoms with Gasteiger partial charge in [-0.05, 0) is 83.3 Å². The van der Waals surface area contributed by atoms with Crippen molar-refractivity contribution < 1.29 is 0 Å². The number of aromatic amines is 2. The summed E-state index contributed by atoms with van der Waals surface area (Å²) in [5.74, 6) is 2.41. The summed E-state index contributed by atoms with van der Waals surface area (Å²) in [5, 5.41) is 7.21. The van der Waals surface area contributed by atoms with E-state index in [1.54, 1.807) is 18.7 Å². The first-order chi connectivity index (χ1) is 25.8. The molecule has 0 amide bonds. The highest BCUT2D eigenvalue weighted by molar-refractivity contribution is 7.98. The quantitative estimate of drug-likeness (QED) is 0.0829. The minimum absolute atomic E-state index is 0.104. The van der Waals surface area contributed by atoms with Gasteiger partial charge in [-0.25, -0.2) is 19.9 Å². The molecule has 10 nitrogen and oxygen atoms in total. The molecule has 0 saturated carbocycles. The largest absolute Gasteiger partial charge is 0.356 e. The Morgan fingerprint density at radius 2 is 1.15 bits per heavy atom. The van der Waals surface area contributed by atoms with Gasteiger partial charge in [-0.2, -0.15) is 0 Å². The summed E-state index contributed by atoms with van der Waals surface area (Å²) in [6, 6.07) is 23.3. The van der Waals surface area contributed by atoms with Crippen molar-refractivity contribution in [3.05, 3.63) is 121 Å². The highest BCUT2D eigenvalue weighted by Crippen LogP contribution is 2.31. The Labute approximate surface area is 323 Å². The zero-order chi connectivity index (χ0) is 37.0. The van der Waals surface area contributed by atoms with Crippen LogP contribution in [0.4, 0.5) is 5.82 Å². The number of anilines is 1. The summed E-state index contributed by atoms with van der Waals surface area (Å²) in [6.45, 7) is 8.25. The Kier molecular flexibility index (Phi) is 13.9. The molecule has 0 radical (unpaired) electrons. The van der Waals surface area contributed by atoms with Crippen LogP contribution >= 0.6 is 35.1 Å². The normalized spacial score (nSPS) is 14.3. The number of nitrogens with one attached hydrogen (secondary N) is 3. The second-order valence-electron chi connectivity index (χ2n) is 13.1. The SMILES string of the molecule is C1CCNCC1.Cc1cc(=O)[nH]c(SCc2cc3ccccc3nc2Cl)n1.Cc1cc(=O)[nH]c(SCc2cc3ccccc3nc2N2CCCCC2)n1. The van der Waals surface area contributed by atoms with Crippen LogP contribution in [-0.2, 0) is 11.5 Å². The molecule has 53 heavy (non-hydrogen) atoms. The van der Waals surface area contributed by atoms with E-state index >= 15 is 0 Å². The Hall–Kier alpha value is -4.23. The standard InChI is InChI=1S/C20H22N4OS.C15H12ClN3OS.C5H11N/c1-14-11-18(25)23-20(21-14)26-13-16-12-15-7-3-4-8-17(15)22-19(16)24-9-5-2-6-10-24;1-9-6-13(20)19-15(17-9)21-8-11-7-10-4-2-3-5-12(10)18-14(11)16;1-2-4-6-5-3-1/h3-4,7-8,11-12H,2,5-6,9-10,13H2,1H3,(H,21,23,25);2-7H,8H2,1H3,(H,17,19,20);6H,1-5H2. The van der Waals surface area contributed by atoms with E-state index in [1.165, 1.54) is 81.1 Å². The van der Waals surface area contributed by atoms with Gasteiger partial charge in [0.15, 0.2) is 10.3 Å². The molecular weight excluding hydrogens is 724 g/mol. The van der Waals surface area contributed by atoms with Crippen molar-refractivity contribution in [1.29, 1.82) is 0 Å². The van der Waals surface area contributed by atoms with Gasteiger partial charge in [-0.1, -0.05) is 77.9 Å². The molecule has 6 aromatic rings. The van der Waals surface area contributed by atoms with Crippen LogP contribution in [0.25, 0.3) is 21.8 Å². The lowest BCUT2D eigenvalue weighted by Crippen LogP contribution is -2.31. The van der Waals surface area contributed by atoms with Crippen LogP contribution in [0.5, 0.6) is 0 Å². The van der Waals surface area contributed by atoms with Gasteiger partial charge in [0.2, 0.25) is 0 Å². The zero-order valence-corrected chi connectivity index (χ0v) is 32.5. The van der Waals surface area contributed by atoms with Crippen molar-refractivity contribution in [1.82, 2.24) is 35.2 Å². The molecule has 6 heterocycles. The number of H-pyrrole nitrogens is 2. The lowest BCUT2D eigenvalue weighted by molar-refractivity contribution is 0.520. The van der Waals surface area contributed by atoms with Gasteiger partial charge in [-0.15, -0.1) is 0 Å². The zero-order valence-electron chi connectivity index (χ0n) is 30.2. The Balaban J connectivity index is 0.000000159. The molecule has 0 spiro atoms. The average Bonchev–Trinajstić information content (AvgIpc) is 3.17. The van der Waals surface area contributed by atoms with E-state index in [4.69, 9.17) is 16.6 Å². The van der Waals surface area contributed by atoms with Gasteiger partial charge in [-0.3, -0.25) is 9.59 Å². The number of pyridine rings is 2. The molecule has 3 N–H and O–H groups in total. The van der Waals surface area contributed by atoms with Crippen molar-refractivity contribution >= 4 is 62.7 Å². The topological polar surface area (TPSA) is 133 Å². The first-order valence-electron chi connectivity index (χ1n) is 18.1. The van der Waals surface area contributed by atoms with E-state index in [-0.39, 0.29) is 11.1 Å². The van der Waals surface area contributed by atoms with Crippen molar-refractivity contribution in [3.63, 3.8) is 0 Å². The number of aryl methyl sites for hydroxylation is 2. The maximum atomic E-state index is 11.7. The number of hydrogen-bond donors (Lipinski definition) is 3. The van der Waals surface area contributed by atoms with E-state index in [0.29, 0.717) is 26.9 Å². The Morgan fingerprint density at radius 3 is 1.68 bits per heavy atom. The number of benzene rings is 2. The fourth-order valence-electron chi connectivity index (χ4n) is 6.21. The molecular formula is C40H45ClN8O2S2. The Morgan fingerprint density at radius 1 is 0.642 bits per heavy atom. The number of para-hydroxylation sites is 2. The van der Waals surface area contributed by atoms with Gasteiger partial charge in [0, 0.05) is 70.0 Å². The molecule has 13 heteroatoms. The van der Waals surface area contributed by atoms with Crippen LogP contribution in [0, 0.1) is 13.8 Å². The molecule has 0 atom stereocenters. The van der Waals surface area contributed by atoms with Crippen molar-refractivity contribution in [2.45, 2.75) is 74.2 Å². The monoisotopic (exact) mass is 768 g/mol. The number of fused-ring (bicyclic) bond motifs is 2. The number of aromatic nitrogens is 6. The van der Waals surface area contributed by atoms with Gasteiger partial charge in [0.05, 0.1) is 11.0 Å². The van der Waals surface area contributed by atoms with Gasteiger partial charge in [0.25, 0.3) is 11.1 Å². The molecule has 0 bridgehead atoms. The molecule has 0 unspecified atom stereocenters. The summed E-state index contributed by atoms with van der Waals surface area (Å²) in [6.07, 6.45) is 7.94. The number of thioether (sulfide) groups is 2. The number of piperidine rings is 2. The minimum atomic E-state index is -0.146. The number of nitrogens with zero attached hydrogens (tertiary/aromatic N) is 5. The molecule has 2 aliphatic heterocycles. The van der Waals surface area contributed by atoms with Gasteiger partial charge < -0.3 is 20.2 Å². The first-order valence-corrected chi connectivity index (χ1v) is 20.5. The van der Waals surface area contributed by atoms with Crippen molar-refractivity contribution in [2.75, 3.05) is 31.1 Å². The summed E-state index contributed by atoms with van der Waals surface area (Å²) in [5.41, 5.74) is 5.21. The molecule has 2 aliphatic rings. The third kappa shape index (κ3) is 11.4. The van der Waals surface area contributed by atoms with Crippen LogP contribution in [0.3, 0.4) is 0 Å². The lowest BCUT2D eigenvalue weighted by atomic mass is 10.1. The summed E-state index contributed by atoms with van der Waals surface area (Å²) in [7, 11) is 0. The predicted octanol–water partition coefficient (Wildman–Crippen LogP) is 8.24. The number of halogens is 1. The molecule has 276 valence electrons. The smallest absolute Gasteiger partial charge is 0.251 e. The van der Waals surface area contributed by atoms with Gasteiger partial charge in [0.1, 0.15) is 11.0 Å². The van der Waals surface area contributed by atoms with E-state index < -0.39 is 0 Å². The molecule has 2 fully saturated rings. The number of rotatable bonds is 7. The maximum absolute atomic E-state index is 11.7. The highest BCUT2D eigenvalue weighted by Gasteiger charge is 2.18. The minimum Gasteiger partial charge on any atom is -0.356 e. The fraction of sp³-hybridized carbons (Fsp3) is 0.350. The molecule has 4 aromatic heterocycles. The highest BCUT2D eigenvalue weighted by atomic mass is 35.5. The van der Waals surface area contributed by atoms with Crippen LogP contribution in [-0.4, -0.2) is 56.1 Å².